The molecule has 2 nitrogen and oxygen atoms in total. The zero-order valence-corrected chi connectivity index (χ0v) is 12.3. The van der Waals surface area contributed by atoms with Gasteiger partial charge in [-0.15, -0.1) is 0 Å². The lowest BCUT2D eigenvalue weighted by Crippen LogP contribution is -2.34. The maximum atomic E-state index is 6.01. The number of anilines is 1. The number of halogens is 2. The number of nitrogens with two attached hydrogens (primary N) is 1. The molecule has 0 amide bonds. The molecule has 0 fully saturated rings. The van der Waals surface area contributed by atoms with Crippen LogP contribution in [0.5, 0.6) is 0 Å². The molecule has 0 aliphatic carbocycles. The molecular weight excluding hydrogens is 299 g/mol. The van der Waals surface area contributed by atoms with Crippen LogP contribution in [0, 0.1) is 0 Å². The summed E-state index contributed by atoms with van der Waals surface area (Å²) < 4.78 is 0. The number of thiocarbonyl (C=S) groups is 1. The molecule has 0 unspecified atom stereocenters. The molecule has 0 radical (unpaired) electrons. The Kier molecular flexibility index (Phi) is 4.64. The number of nitrogens with zero attached hydrogens (tertiary/aromatic N) is 1. The molecule has 2 aromatic rings. The molecule has 0 aliphatic rings. The third-order valence-corrected chi connectivity index (χ3v) is 3.27. The number of hydrogen-bond donors (Lipinski definition) is 1. The Morgan fingerprint density at radius 2 is 1.63 bits per heavy atom. The van der Waals surface area contributed by atoms with Gasteiger partial charge < -0.3 is 10.6 Å². The fourth-order valence-electron chi connectivity index (χ4n) is 1.76. The quantitative estimate of drug-likeness (QED) is 0.860. The van der Waals surface area contributed by atoms with E-state index in [1.807, 2.05) is 30.3 Å². The Morgan fingerprint density at radius 1 is 1.05 bits per heavy atom. The molecule has 2 rings (SSSR count). The number of rotatable bonds is 3. The van der Waals surface area contributed by atoms with Gasteiger partial charge in [0.1, 0.15) is 0 Å². The van der Waals surface area contributed by atoms with E-state index in [0.717, 1.165) is 11.3 Å². The van der Waals surface area contributed by atoms with Crippen LogP contribution in [0.2, 0.25) is 10.0 Å². The molecule has 2 aromatic carbocycles. The first-order chi connectivity index (χ1) is 9.06. The van der Waals surface area contributed by atoms with Crippen LogP contribution in [0.4, 0.5) is 5.69 Å². The van der Waals surface area contributed by atoms with Crippen molar-refractivity contribution in [2.45, 2.75) is 6.54 Å². The van der Waals surface area contributed by atoms with Gasteiger partial charge in [0.15, 0.2) is 5.11 Å². The Labute approximate surface area is 127 Å². The molecule has 0 spiro atoms. The Morgan fingerprint density at radius 3 is 2.16 bits per heavy atom. The Bertz CT molecular complexity index is 567. The van der Waals surface area contributed by atoms with Crippen LogP contribution in [-0.2, 0) is 6.54 Å². The lowest BCUT2D eigenvalue weighted by molar-refractivity contribution is 1.01. The zero-order chi connectivity index (χ0) is 13.8. The van der Waals surface area contributed by atoms with Gasteiger partial charge in [-0.2, -0.15) is 0 Å². The summed E-state index contributed by atoms with van der Waals surface area (Å²) in [5.41, 5.74) is 7.68. The predicted molar refractivity (Wildman–Crippen MR) is 85.9 cm³/mol. The molecule has 19 heavy (non-hydrogen) atoms. The summed E-state index contributed by atoms with van der Waals surface area (Å²) in [7, 11) is 0. The molecule has 0 saturated carbocycles. The monoisotopic (exact) mass is 310 g/mol. The molecule has 0 bridgehead atoms. The van der Waals surface area contributed by atoms with Crippen molar-refractivity contribution in [3.8, 4) is 0 Å². The summed E-state index contributed by atoms with van der Waals surface area (Å²) in [5.74, 6) is 0. The van der Waals surface area contributed by atoms with Crippen molar-refractivity contribution in [2.75, 3.05) is 4.90 Å². The summed E-state index contributed by atoms with van der Waals surface area (Å²) in [5, 5.41) is 1.39. The molecule has 0 aromatic heterocycles. The van der Waals surface area contributed by atoms with Crippen LogP contribution in [0.15, 0.2) is 48.5 Å². The van der Waals surface area contributed by atoms with Crippen LogP contribution in [0.1, 0.15) is 5.56 Å². The smallest absolute Gasteiger partial charge is 0.171 e. The standard InChI is InChI=1S/C14H12Cl2N2S/c15-11-6-12(16)8-13(7-11)18(14(17)19)9-10-4-2-1-3-5-10/h1-8H,9H2,(H2,17,19). The molecule has 98 valence electrons. The van der Waals surface area contributed by atoms with E-state index >= 15 is 0 Å². The fraction of sp³-hybridized carbons (Fsp3) is 0.0714. The summed E-state index contributed by atoms with van der Waals surface area (Å²) >= 11 is 17.1. The van der Waals surface area contributed by atoms with Crippen molar-refractivity contribution in [2.24, 2.45) is 5.73 Å². The fourth-order valence-corrected chi connectivity index (χ4v) is 2.44. The highest BCUT2D eigenvalue weighted by Gasteiger charge is 2.11. The lowest BCUT2D eigenvalue weighted by atomic mass is 10.2. The average molecular weight is 311 g/mol. The summed E-state index contributed by atoms with van der Waals surface area (Å²) in [6.07, 6.45) is 0. The maximum Gasteiger partial charge on any atom is 0.171 e. The van der Waals surface area contributed by atoms with Gasteiger partial charge in [0.25, 0.3) is 0 Å². The van der Waals surface area contributed by atoms with E-state index in [2.05, 4.69) is 0 Å². The van der Waals surface area contributed by atoms with E-state index in [9.17, 15) is 0 Å². The molecular formula is C14H12Cl2N2S. The second-order valence-electron chi connectivity index (χ2n) is 4.04. The molecule has 0 saturated heterocycles. The highest BCUT2D eigenvalue weighted by atomic mass is 35.5. The van der Waals surface area contributed by atoms with Gasteiger partial charge in [-0.05, 0) is 36.0 Å². The highest BCUT2D eigenvalue weighted by Crippen LogP contribution is 2.26. The minimum Gasteiger partial charge on any atom is -0.376 e. The van der Waals surface area contributed by atoms with Gasteiger partial charge in [0, 0.05) is 15.7 Å². The van der Waals surface area contributed by atoms with Crippen LogP contribution in [-0.4, -0.2) is 5.11 Å². The van der Waals surface area contributed by atoms with E-state index in [1.54, 1.807) is 23.1 Å². The van der Waals surface area contributed by atoms with Crippen molar-refractivity contribution in [1.29, 1.82) is 0 Å². The van der Waals surface area contributed by atoms with E-state index in [1.165, 1.54) is 0 Å². The summed E-state index contributed by atoms with van der Waals surface area (Å²) in [6.45, 7) is 0.576. The SMILES string of the molecule is NC(=S)N(Cc1ccccc1)c1cc(Cl)cc(Cl)c1. The minimum absolute atomic E-state index is 0.280. The third-order valence-electron chi connectivity index (χ3n) is 2.61. The van der Waals surface area contributed by atoms with Crippen molar-refractivity contribution >= 4 is 46.2 Å². The van der Waals surface area contributed by atoms with Gasteiger partial charge in [-0.3, -0.25) is 0 Å². The average Bonchev–Trinajstić information content (AvgIpc) is 2.35. The van der Waals surface area contributed by atoms with E-state index < -0.39 is 0 Å². The minimum atomic E-state index is 0.280. The zero-order valence-electron chi connectivity index (χ0n) is 10.0. The highest BCUT2D eigenvalue weighted by molar-refractivity contribution is 7.80. The first-order valence-electron chi connectivity index (χ1n) is 5.63. The maximum absolute atomic E-state index is 6.01. The van der Waals surface area contributed by atoms with E-state index in [0.29, 0.717) is 16.6 Å². The van der Waals surface area contributed by atoms with Crippen LogP contribution < -0.4 is 10.6 Å². The molecule has 0 atom stereocenters. The third kappa shape index (κ3) is 3.83. The normalized spacial score (nSPS) is 10.2. The second-order valence-corrected chi connectivity index (χ2v) is 5.33. The van der Waals surface area contributed by atoms with Gasteiger partial charge in [0.05, 0.1) is 6.54 Å². The molecule has 0 heterocycles. The van der Waals surface area contributed by atoms with Crippen LogP contribution in [0.3, 0.4) is 0 Å². The van der Waals surface area contributed by atoms with Crippen molar-refractivity contribution in [3.63, 3.8) is 0 Å². The summed E-state index contributed by atoms with van der Waals surface area (Å²) in [6, 6.07) is 15.2. The predicted octanol–water partition coefficient (Wildman–Crippen LogP) is 4.24. The Balaban J connectivity index is 2.32. The largest absolute Gasteiger partial charge is 0.376 e. The van der Waals surface area contributed by atoms with Crippen molar-refractivity contribution in [1.82, 2.24) is 0 Å². The van der Waals surface area contributed by atoms with Crippen molar-refractivity contribution < 1.29 is 0 Å². The van der Waals surface area contributed by atoms with Crippen LogP contribution in [0.25, 0.3) is 0 Å². The molecule has 2 N–H and O–H groups in total. The van der Waals surface area contributed by atoms with E-state index in [-0.39, 0.29) is 5.11 Å². The first kappa shape index (κ1) is 14.1. The molecule has 0 aliphatic heterocycles. The topological polar surface area (TPSA) is 29.3 Å². The molecule has 5 heteroatoms. The number of benzene rings is 2. The van der Waals surface area contributed by atoms with Gasteiger partial charge in [-0.25, -0.2) is 0 Å². The van der Waals surface area contributed by atoms with Gasteiger partial charge in [-0.1, -0.05) is 53.5 Å². The van der Waals surface area contributed by atoms with Gasteiger partial charge in [0.2, 0.25) is 0 Å². The summed E-state index contributed by atoms with van der Waals surface area (Å²) in [4.78, 5) is 1.79. The van der Waals surface area contributed by atoms with Crippen molar-refractivity contribution in [3.05, 3.63) is 64.1 Å². The van der Waals surface area contributed by atoms with E-state index in [4.69, 9.17) is 41.2 Å². The lowest BCUT2D eigenvalue weighted by Gasteiger charge is -2.23. The Hall–Kier alpha value is -1.29. The number of hydrogen-bond acceptors (Lipinski definition) is 1. The van der Waals surface area contributed by atoms with Gasteiger partial charge >= 0.3 is 0 Å². The first-order valence-corrected chi connectivity index (χ1v) is 6.79. The second kappa shape index (κ2) is 6.24. The van der Waals surface area contributed by atoms with Crippen LogP contribution >= 0.6 is 35.4 Å².